The normalized spacial score (nSPS) is 11.6. The Labute approximate surface area is 111 Å². The summed E-state index contributed by atoms with van der Waals surface area (Å²) in [4.78, 5) is 3.25. The Morgan fingerprint density at radius 3 is 2.94 bits per heavy atom. The minimum atomic E-state index is 0.161. The maximum Gasteiger partial charge on any atom is 0.177 e. The van der Waals surface area contributed by atoms with Gasteiger partial charge >= 0.3 is 0 Å². The highest BCUT2D eigenvalue weighted by Gasteiger charge is 2.13. The van der Waals surface area contributed by atoms with Gasteiger partial charge in [0.1, 0.15) is 0 Å². The zero-order chi connectivity index (χ0) is 13.0. The first-order chi connectivity index (χ1) is 8.70. The Kier molecular flexibility index (Phi) is 4.52. The molecule has 2 aromatic rings. The number of hydrogen-bond acceptors (Lipinski definition) is 5. The van der Waals surface area contributed by atoms with Crippen molar-refractivity contribution in [2.45, 2.75) is 26.4 Å². The second kappa shape index (κ2) is 6.13. The van der Waals surface area contributed by atoms with Crippen molar-refractivity contribution in [3.63, 3.8) is 0 Å². The lowest BCUT2D eigenvalue weighted by molar-refractivity contribution is 0.156. The highest BCUT2D eigenvalue weighted by Crippen LogP contribution is 2.25. The minimum Gasteiger partial charge on any atom is -0.395 e. The van der Waals surface area contributed by atoms with Gasteiger partial charge in [-0.3, -0.25) is 4.90 Å². The van der Waals surface area contributed by atoms with E-state index in [4.69, 9.17) is 9.63 Å². The fourth-order valence-electron chi connectivity index (χ4n) is 1.78. The summed E-state index contributed by atoms with van der Waals surface area (Å²) < 4.78 is 5.34. The zero-order valence-electron chi connectivity index (χ0n) is 10.7. The number of aliphatic hydroxyl groups is 1. The van der Waals surface area contributed by atoms with Crippen LogP contribution < -0.4 is 0 Å². The molecule has 0 aliphatic heterocycles. The molecule has 98 valence electrons. The molecule has 0 saturated heterocycles. The molecule has 0 aliphatic carbocycles. The van der Waals surface area contributed by atoms with Gasteiger partial charge in [0.15, 0.2) is 5.76 Å². The standard InChI is InChI=1S/C13H18N2O2S/c1-10(2)15(5-6-16)9-11-8-12(17-14-11)13-4-3-7-18-13/h3-4,7-8,10,16H,5-6,9H2,1-2H3. The molecule has 2 rings (SSSR count). The van der Waals surface area contributed by atoms with Gasteiger partial charge in [-0.05, 0) is 25.3 Å². The molecule has 0 aliphatic rings. The third-order valence-electron chi connectivity index (χ3n) is 2.81. The fourth-order valence-corrected chi connectivity index (χ4v) is 2.45. The van der Waals surface area contributed by atoms with Gasteiger partial charge in [-0.1, -0.05) is 11.2 Å². The van der Waals surface area contributed by atoms with E-state index in [0.29, 0.717) is 19.1 Å². The summed E-state index contributed by atoms with van der Waals surface area (Å²) in [5, 5.41) is 15.1. The summed E-state index contributed by atoms with van der Waals surface area (Å²) in [5.74, 6) is 0.813. The van der Waals surface area contributed by atoms with Crippen LogP contribution in [0.3, 0.4) is 0 Å². The maximum atomic E-state index is 9.04. The predicted molar refractivity (Wildman–Crippen MR) is 72.4 cm³/mol. The smallest absolute Gasteiger partial charge is 0.177 e. The van der Waals surface area contributed by atoms with Crippen LogP contribution in [0.1, 0.15) is 19.5 Å². The van der Waals surface area contributed by atoms with Gasteiger partial charge in [0.2, 0.25) is 0 Å². The highest BCUT2D eigenvalue weighted by atomic mass is 32.1. The quantitative estimate of drug-likeness (QED) is 0.873. The van der Waals surface area contributed by atoms with Gasteiger partial charge in [0, 0.05) is 25.2 Å². The average molecular weight is 266 g/mol. The molecule has 2 heterocycles. The van der Waals surface area contributed by atoms with Crippen molar-refractivity contribution in [3.05, 3.63) is 29.3 Å². The molecule has 0 aromatic carbocycles. The summed E-state index contributed by atoms with van der Waals surface area (Å²) in [6, 6.07) is 6.36. The van der Waals surface area contributed by atoms with Crippen molar-refractivity contribution >= 4 is 11.3 Å². The summed E-state index contributed by atoms with van der Waals surface area (Å²) in [6.07, 6.45) is 0. The minimum absolute atomic E-state index is 0.161. The van der Waals surface area contributed by atoms with Crippen LogP contribution in [0.5, 0.6) is 0 Å². The zero-order valence-corrected chi connectivity index (χ0v) is 11.5. The van der Waals surface area contributed by atoms with Gasteiger partial charge in [-0.25, -0.2) is 0 Å². The number of aromatic nitrogens is 1. The number of rotatable bonds is 6. The van der Waals surface area contributed by atoms with Gasteiger partial charge in [-0.15, -0.1) is 11.3 Å². The molecule has 0 atom stereocenters. The molecule has 0 saturated carbocycles. The van der Waals surface area contributed by atoms with Gasteiger partial charge in [-0.2, -0.15) is 0 Å². The Morgan fingerprint density at radius 1 is 1.50 bits per heavy atom. The lowest BCUT2D eigenvalue weighted by Gasteiger charge is -2.24. The fraction of sp³-hybridized carbons (Fsp3) is 0.462. The predicted octanol–water partition coefficient (Wildman–Crippen LogP) is 2.61. The van der Waals surface area contributed by atoms with Crippen molar-refractivity contribution in [1.29, 1.82) is 0 Å². The molecular formula is C13H18N2O2S. The average Bonchev–Trinajstić information content (AvgIpc) is 2.98. The molecule has 0 unspecified atom stereocenters. The Hall–Kier alpha value is -1.17. The van der Waals surface area contributed by atoms with Crippen molar-refractivity contribution in [3.8, 4) is 10.6 Å². The third kappa shape index (κ3) is 3.19. The number of thiophene rings is 1. The van der Waals surface area contributed by atoms with E-state index in [1.165, 1.54) is 0 Å². The lowest BCUT2D eigenvalue weighted by atomic mass is 10.2. The molecule has 0 fully saturated rings. The van der Waals surface area contributed by atoms with Crippen molar-refractivity contribution in [2.75, 3.05) is 13.2 Å². The summed E-state index contributed by atoms with van der Waals surface area (Å²) in [7, 11) is 0. The van der Waals surface area contributed by atoms with Crippen LogP contribution in [0.25, 0.3) is 10.6 Å². The van der Waals surface area contributed by atoms with E-state index in [-0.39, 0.29) is 6.61 Å². The SMILES string of the molecule is CC(C)N(CCO)Cc1cc(-c2cccs2)on1. The van der Waals surface area contributed by atoms with Crippen LogP contribution >= 0.6 is 11.3 Å². The topological polar surface area (TPSA) is 49.5 Å². The monoisotopic (exact) mass is 266 g/mol. The summed E-state index contributed by atoms with van der Waals surface area (Å²) >= 11 is 1.64. The molecule has 0 amide bonds. The van der Waals surface area contributed by atoms with Crippen LogP contribution in [0, 0.1) is 0 Å². The summed E-state index contributed by atoms with van der Waals surface area (Å²) in [5.41, 5.74) is 0.903. The maximum absolute atomic E-state index is 9.04. The highest BCUT2D eigenvalue weighted by molar-refractivity contribution is 7.13. The van der Waals surface area contributed by atoms with E-state index < -0.39 is 0 Å². The molecule has 0 spiro atoms. The Morgan fingerprint density at radius 2 is 2.33 bits per heavy atom. The van der Waals surface area contributed by atoms with Crippen LogP contribution in [0.15, 0.2) is 28.1 Å². The molecule has 18 heavy (non-hydrogen) atoms. The largest absolute Gasteiger partial charge is 0.395 e. The van der Waals surface area contributed by atoms with Crippen LogP contribution in [0.4, 0.5) is 0 Å². The van der Waals surface area contributed by atoms with E-state index in [2.05, 4.69) is 23.9 Å². The van der Waals surface area contributed by atoms with E-state index in [1.807, 2.05) is 23.6 Å². The van der Waals surface area contributed by atoms with Crippen molar-refractivity contribution < 1.29 is 9.63 Å². The molecule has 2 aromatic heterocycles. The molecule has 4 nitrogen and oxygen atoms in total. The molecular weight excluding hydrogens is 248 g/mol. The Bertz CT molecular complexity index is 465. The molecule has 0 radical (unpaired) electrons. The second-order valence-corrected chi connectivity index (χ2v) is 5.40. The van der Waals surface area contributed by atoms with Gasteiger partial charge < -0.3 is 9.63 Å². The molecule has 0 bridgehead atoms. The number of nitrogens with zero attached hydrogens (tertiary/aromatic N) is 2. The van der Waals surface area contributed by atoms with E-state index in [0.717, 1.165) is 16.3 Å². The first-order valence-electron chi connectivity index (χ1n) is 6.05. The summed E-state index contributed by atoms with van der Waals surface area (Å²) in [6.45, 7) is 5.73. The van der Waals surface area contributed by atoms with Crippen LogP contribution in [-0.2, 0) is 6.54 Å². The van der Waals surface area contributed by atoms with Crippen LogP contribution in [-0.4, -0.2) is 34.4 Å². The molecule has 1 N–H and O–H groups in total. The number of hydrogen-bond donors (Lipinski definition) is 1. The van der Waals surface area contributed by atoms with Crippen molar-refractivity contribution in [1.82, 2.24) is 10.1 Å². The van der Waals surface area contributed by atoms with Crippen LogP contribution in [0.2, 0.25) is 0 Å². The van der Waals surface area contributed by atoms with E-state index in [9.17, 15) is 0 Å². The Balaban J connectivity index is 2.06. The first-order valence-corrected chi connectivity index (χ1v) is 6.93. The van der Waals surface area contributed by atoms with E-state index >= 15 is 0 Å². The lowest BCUT2D eigenvalue weighted by Crippen LogP contribution is -2.32. The van der Waals surface area contributed by atoms with E-state index in [1.54, 1.807) is 11.3 Å². The van der Waals surface area contributed by atoms with Gasteiger partial charge in [0.05, 0.1) is 17.2 Å². The number of aliphatic hydroxyl groups excluding tert-OH is 1. The first kappa shape index (κ1) is 13.3. The van der Waals surface area contributed by atoms with Crippen molar-refractivity contribution in [2.24, 2.45) is 0 Å². The second-order valence-electron chi connectivity index (χ2n) is 4.45. The third-order valence-corrected chi connectivity index (χ3v) is 3.69. The molecule has 5 heteroatoms. The van der Waals surface area contributed by atoms with Gasteiger partial charge in [0.25, 0.3) is 0 Å².